The minimum Gasteiger partial charge on any atom is -0.0968 e. The van der Waals surface area contributed by atoms with Crippen LogP contribution in [0.25, 0.3) is 0 Å². The summed E-state index contributed by atoms with van der Waals surface area (Å²) in [6.45, 7) is 4.58. The summed E-state index contributed by atoms with van der Waals surface area (Å²) in [7, 11) is 0. The van der Waals surface area contributed by atoms with Gasteiger partial charge in [-0.2, -0.15) is 0 Å². The number of rotatable bonds is 13. The van der Waals surface area contributed by atoms with Gasteiger partial charge in [0.25, 0.3) is 0 Å². The van der Waals surface area contributed by atoms with Crippen molar-refractivity contribution < 1.29 is 0 Å². The van der Waals surface area contributed by atoms with Gasteiger partial charge < -0.3 is 0 Å². The van der Waals surface area contributed by atoms with Crippen molar-refractivity contribution in [2.24, 2.45) is 15.9 Å². The van der Waals surface area contributed by atoms with Crippen LogP contribution in [0.15, 0.2) is 9.98 Å². The SMILES string of the molecule is CCCCCCCCC(CCCC)CC[C+]1N=CC=N1. The lowest BCUT2D eigenvalue weighted by atomic mass is 9.90. The molecule has 1 unspecified atom stereocenters. The summed E-state index contributed by atoms with van der Waals surface area (Å²) in [6.07, 6.45) is 21.0. The van der Waals surface area contributed by atoms with Gasteiger partial charge in [-0.25, -0.2) is 0 Å². The number of nitrogens with zero attached hydrogens (tertiary/aromatic N) is 2. The largest absolute Gasteiger partial charge is 0.240 e. The van der Waals surface area contributed by atoms with E-state index in [4.69, 9.17) is 0 Å². The molecule has 0 aromatic rings. The second-order valence-electron chi connectivity index (χ2n) is 6.08. The Labute approximate surface area is 126 Å². The highest BCUT2D eigenvalue weighted by molar-refractivity contribution is 6.18. The molecular weight excluding hydrogens is 244 g/mol. The Morgan fingerprint density at radius 1 is 0.750 bits per heavy atom. The van der Waals surface area contributed by atoms with Gasteiger partial charge in [-0.05, 0) is 12.3 Å². The van der Waals surface area contributed by atoms with Gasteiger partial charge >= 0.3 is 0 Å². The van der Waals surface area contributed by atoms with Crippen LogP contribution in [0.4, 0.5) is 0 Å². The molecule has 20 heavy (non-hydrogen) atoms. The van der Waals surface area contributed by atoms with E-state index in [-0.39, 0.29) is 0 Å². The number of hydrogen-bond acceptors (Lipinski definition) is 2. The van der Waals surface area contributed by atoms with Crippen LogP contribution in [-0.2, 0) is 0 Å². The van der Waals surface area contributed by atoms with E-state index in [1.165, 1.54) is 70.6 Å². The number of unbranched alkanes of at least 4 members (excludes halogenated alkanes) is 6. The molecule has 0 aliphatic carbocycles. The lowest BCUT2D eigenvalue weighted by Gasteiger charge is -2.15. The van der Waals surface area contributed by atoms with Crippen LogP contribution in [0, 0.1) is 12.1 Å². The average Bonchev–Trinajstić information content (AvgIpc) is 2.98. The molecule has 0 saturated heterocycles. The average molecular weight is 277 g/mol. The maximum absolute atomic E-state index is 4.29. The highest BCUT2D eigenvalue weighted by atomic mass is 15.0. The minimum absolute atomic E-state index is 0.889. The van der Waals surface area contributed by atoms with Crippen LogP contribution in [0.2, 0.25) is 0 Å². The molecule has 0 spiro atoms. The second kappa shape index (κ2) is 12.0. The normalized spacial score (nSPS) is 15.2. The van der Waals surface area contributed by atoms with Gasteiger partial charge in [0.1, 0.15) is 0 Å². The van der Waals surface area contributed by atoms with Crippen LogP contribution < -0.4 is 0 Å². The lowest BCUT2D eigenvalue weighted by Crippen LogP contribution is -2.03. The first-order valence-corrected chi connectivity index (χ1v) is 8.79. The Bertz CT molecular complexity index is 259. The zero-order valence-corrected chi connectivity index (χ0v) is 13.6. The molecule has 0 aromatic carbocycles. The van der Waals surface area contributed by atoms with E-state index in [0.29, 0.717) is 0 Å². The first-order chi connectivity index (χ1) is 9.86. The molecule has 0 aromatic heterocycles. The van der Waals surface area contributed by atoms with E-state index in [2.05, 4.69) is 23.8 Å². The van der Waals surface area contributed by atoms with Crippen LogP contribution >= 0.6 is 0 Å². The molecule has 1 aliphatic heterocycles. The van der Waals surface area contributed by atoms with Gasteiger partial charge in [-0.1, -0.05) is 88.0 Å². The molecule has 1 rings (SSSR count). The Kier molecular flexibility index (Phi) is 10.3. The molecule has 2 heteroatoms. The van der Waals surface area contributed by atoms with Crippen molar-refractivity contribution >= 4 is 12.4 Å². The fraction of sp³-hybridized carbons (Fsp3) is 0.833. The van der Waals surface area contributed by atoms with Crippen molar-refractivity contribution in [2.45, 2.75) is 90.9 Å². The Hall–Kier alpha value is -0.790. The second-order valence-corrected chi connectivity index (χ2v) is 6.08. The third kappa shape index (κ3) is 8.39. The van der Waals surface area contributed by atoms with E-state index in [0.717, 1.165) is 18.5 Å². The molecule has 1 atom stereocenters. The van der Waals surface area contributed by atoms with Crippen LogP contribution in [0.3, 0.4) is 0 Å². The maximum Gasteiger partial charge on any atom is 0.240 e. The summed E-state index contributed by atoms with van der Waals surface area (Å²) in [4.78, 5) is 8.58. The van der Waals surface area contributed by atoms with Crippen molar-refractivity contribution in [1.82, 2.24) is 0 Å². The topological polar surface area (TPSA) is 24.7 Å². The predicted octanol–water partition coefficient (Wildman–Crippen LogP) is 5.97. The molecular formula is C18H33N2+. The van der Waals surface area contributed by atoms with Gasteiger partial charge in [0.15, 0.2) is 12.4 Å². The van der Waals surface area contributed by atoms with Crippen LogP contribution in [0.5, 0.6) is 0 Å². The summed E-state index contributed by atoms with van der Waals surface area (Å²) in [5, 5.41) is 0. The van der Waals surface area contributed by atoms with E-state index < -0.39 is 0 Å². The first-order valence-electron chi connectivity index (χ1n) is 8.79. The van der Waals surface area contributed by atoms with Gasteiger partial charge in [0.05, 0.1) is 6.42 Å². The van der Waals surface area contributed by atoms with Crippen molar-refractivity contribution in [3.63, 3.8) is 0 Å². The molecule has 0 saturated carbocycles. The minimum atomic E-state index is 0.889. The zero-order valence-electron chi connectivity index (χ0n) is 13.6. The lowest BCUT2D eigenvalue weighted by molar-refractivity contribution is 0.380. The smallest absolute Gasteiger partial charge is 0.0968 e. The maximum atomic E-state index is 4.29. The zero-order chi connectivity index (χ0) is 14.5. The molecule has 1 heterocycles. The third-order valence-electron chi connectivity index (χ3n) is 4.22. The fourth-order valence-electron chi connectivity index (χ4n) is 2.87. The van der Waals surface area contributed by atoms with E-state index in [9.17, 15) is 0 Å². The molecule has 2 nitrogen and oxygen atoms in total. The van der Waals surface area contributed by atoms with Crippen molar-refractivity contribution in [1.29, 1.82) is 0 Å². The van der Waals surface area contributed by atoms with Gasteiger partial charge in [-0.15, -0.1) is 0 Å². The highest BCUT2D eigenvalue weighted by Crippen LogP contribution is 2.26. The van der Waals surface area contributed by atoms with E-state index in [1.54, 1.807) is 0 Å². The Morgan fingerprint density at radius 2 is 1.35 bits per heavy atom. The Balaban J connectivity index is 2.10. The molecule has 1 aliphatic rings. The van der Waals surface area contributed by atoms with Gasteiger partial charge in [-0.3, -0.25) is 0 Å². The van der Waals surface area contributed by atoms with Crippen molar-refractivity contribution in [3.05, 3.63) is 6.17 Å². The quantitative estimate of drug-likeness (QED) is 0.293. The number of hydrogen-bond donors (Lipinski definition) is 0. The molecule has 0 N–H and O–H groups in total. The predicted molar refractivity (Wildman–Crippen MR) is 90.5 cm³/mol. The summed E-state index contributed by atoms with van der Waals surface area (Å²) in [6, 6.07) is 0. The summed E-state index contributed by atoms with van der Waals surface area (Å²) >= 11 is 0. The van der Waals surface area contributed by atoms with Crippen molar-refractivity contribution in [3.8, 4) is 0 Å². The Morgan fingerprint density at radius 3 is 2.05 bits per heavy atom. The van der Waals surface area contributed by atoms with E-state index >= 15 is 0 Å². The summed E-state index contributed by atoms with van der Waals surface area (Å²) in [5.41, 5.74) is 0. The van der Waals surface area contributed by atoms with E-state index in [1.807, 2.05) is 12.4 Å². The van der Waals surface area contributed by atoms with Crippen LogP contribution in [0.1, 0.15) is 90.9 Å². The van der Waals surface area contributed by atoms with Gasteiger partial charge in [0.2, 0.25) is 6.17 Å². The monoisotopic (exact) mass is 277 g/mol. The molecule has 0 bridgehead atoms. The molecule has 114 valence electrons. The van der Waals surface area contributed by atoms with Crippen molar-refractivity contribution in [2.75, 3.05) is 0 Å². The molecule has 0 radical (unpaired) electrons. The summed E-state index contributed by atoms with van der Waals surface area (Å²) in [5.74, 6) is 0.889. The standard InChI is InChI=1S/C18H33N2/c1-3-5-7-8-9-10-12-17(11-6-4-2)13-14-18-19-15-16-20-18/h15-17H,3-14H2,1-2H3/q+1. The fourth-order valence-corrected chi connectivity index (χ4v) is 2.87. The van der Waals surface area contributed by atoms with Crippen LogP contribution in [-0.4, -0.2) is 12.4 Å². The van der Waals surface area contributed by atoms with Gasteiger partial charge in [0, 0.05) is 0 Å². The highest BCUT2D eigenvalue weighted by Gasteiger charge is 2.18. The first kappa shape index (κ1) is 17.3. The number of aliphatic imine (C=N–C) groups is 2. The third-order valence-corrected chi connectivity index (χ3v) is 4.22. The molecule has 0 amide bonds. The molecule has 0 fully saturated rings. The summed E-state index contributed by atoms with van der Waals surface area (Å²) < 4.78 is 0.